The number of aromatic hydroxyl groups is 1. The zero-order chi connectivity index (χ0) is 13.2. The van der Waals surface area contributed by atoms with Crippen molar-refractivity contribution in [2.45, 2.75) is 19.3 Å². The first-order chi connectivity index (χ1) is 8.53. The smallest absolute Gasteiger partial charge is 0.176 e. The first kappa shape index (κ1) is 12.3. The number of aromatic nitrogens is 1. The lowest BCUT2D eigenvalue weighted by Gasteiger charge is -2.23. The lowest BCUT2D eigenvalue weighted by Crippen LogP contribution is -2.29. The molecule has 1 N–H and O–H groups in total. The topological polar surface area (TPSA) is 50.2 Å². The van der Waals surface area contributed by atoms with Crippen LogP contribution in [0.2, 0.25) is 0 Å². The number of Topliss-reactive ketones (excluding diaryl/α,β-unsaturated/α-hetero) is 1. The molecule has 0 radical (unpaired) electrons. The van der Waals surface area contributed by atoms with Gasteiger partial charge in [-0.05, 0) is 37.6 Å². The number of nitrogens with zero attached hydrogens (tertiary/aromatic N) is 1. The van der Waals surface area contributed by atoms with E-state index in [0.717, 1.165) is 5.56 Å². The number of carbonyl (C=O) groups is 1. The van der Waals surface area contributed by atoms with Crippen LogP contribution in [0.3, 0.4) is 0 Å². The summed E-state index contributed by atoms with van der Waals surface area (Å²) in [6.45, 7) is 3.66. The van der Waals surface area contributed by atoms with Crippen molar-refractivity contribution in [3.63, 3.8) is 0 Å². The van der Waals surface area contributed by atoms with Gasteiger partial charge in [0.15, 0.2) is 5.78 Å². The molecule has 2 rings (SSSR count). The zero-order valence-electron chi connectivity index (χ0n) is 10.4. The lowest BCUT2D eigenvalue weighted by molar-refractivity contribution is 0.0905. The molecule has 0 saturated carbocycles. The number of hydrogen-bond acceptors (Lipinski definition) is 3. The second-order valence-corrected chi connectivity index (χ2v) is 4.71. The first-order valence-corrected chi connectivity index (χ1v) is 5.77. The molecule has 0 aliphatic heterocycles. The van der Waals surface area contributed by atoms with Gasteiger partial charge >= 0.3 is 0 Å². The molecule has 0 unspecified atom stereocenters. The Morgan fingerprint density at radius 3 is 2.50 bits per heavy atom. The van der Waals surface area contributed by atoms with Gasteiger partial charge in [0.2, 0.25) is 0 Å². The fourth-order valence-corrected chi connectivity index (χ4v) is 1.87. The van der Waals surface area contributed by atoms with E-state index < -0.39 is 5.41 Å². The number of ketones is 1. The largest absolute Gasteiger partial charge is 0.507 e. The summed E-state index contributed by atoms with van der Waals surface area (Å²) in [6.07, 6.45) is 3.35. The van der Waals surface area contributed by atoms with Gasteiger partial charge in [-0.15, -0.1) is 0 Å². The molecule has 0 fully saturated rings. The minimum absolute atomic E-state index is 0.0134. The molecule has 18 heavy (non-hydrogen) atoms. The minimum Gasteiger partial charge on any atom is -0.507 e. The molecule has 0 aliphatic rings. The first-order valence-electron chi connectivity index (χ1n) is 5.77. The maximum atomic E-state index is 12.5. The van der Waals surface area contributed by atoms with Crippen LogP contribution in [-0.2, 0) is 5.41 Å². The van der Waals surface area contributed by atoms with Crippen molar-refractivity contribution in [1.29, 1.82) is 0 Å². The third kappa shape index (κ3) is 2.12. The lowest BCUT2D eigenvalue weighted by atomic mass is 9.78. The molecule has 0 spiro atoms. The Balaban J connectivity index is 2.43. The number of phenolic OH excluding ortho intramolecular Hbond substituents is 1. The molecular formula is C15H15NO2. The molecule has 0 atom stereocenters. The van der Waals surface area contributed by atoms with E-state index in [-0.39, 0.29) is 11.5 Å². The fourth-order valence-electron chi connectivity index (χ4n) is 1.87. The quantitative estimate of drug-likeness (QED) is 0.840. The van der Waals surface area contributed by atoms with Crippen molar-refractivity contribution in [2.24, 2.45) is 0 Å². The van der Waals surface area contributed by atoms with E-state index in [1.807, 2.05) is 19.9 Å². The second-order valence-electron chi connectivity index (χ2n) is 4.71. The van der Waals surface area contributed by atoms with E-state index in [0.29, 0.717) is 5.56 Å². The van der Waals surface area contributed by atoms with Crippen molar-refractivity contribution < 1.29 is 9.90 Å². The van der Waals surface area contributed by atoms with E-state index in [1.165, 1.54) is 6.07 Å². The van der Waals surface area contributed by atoms with Gasteiger partial charge in [0.05, 0.1) is 11.0 Å². The molecule has 2 aromatic rings. The highest BCUT2D eigenvalue weighted by atomic mass is 16.3. The number of rotatable bonds is 3. The predicted molar refractivity (Wildman–Crippen MR) is 69.7 cm³/mol. The molecule has 0 aliphatic carbocycles. The second kappa shape index (κ2) is 4.61. The number of hydrogen-bond donors (Lipinski definition) is 1. The Morgan fingerprint density at radius 1 is 1.17 bits per heavy atom. The average molecular weight is 241 g/mol. The molecule has 3 heteroatoms. The van der Waals surface area contributed by atoms with Gasteiger partial charge in [-0.3, -0.25) is 9.78 Å². The van der Waals surface area contributed by atoms with E-state index in [2.05, 4.69) is 4.98 Å². The summed E-state index contributed by atoms with van der Waals surface area (Å²) in [5.74, 6) is -0.104. The molecule has 0 bridgehead atoms. The zero-order valence-corrected chi connectivity index (χ0v) is 10.4. The Hall–Kier alpha value is -2.16. The molecule has 1 aromatic carbocycles. The third-order valence-electron chi connectivity index (χ3n) is 3.10. The summed E-state index contributed by atoms with van der Waals surface area (Å²) < 4.78 is 0. The summed E-state index contributed by atoms with van der Waals surface area (Å²) >= 11 is 0. The fraction of sp³-hybridized carbons (Fsp3) is 0.200. The van der Waals surface area contributed by atoms with Crippen molar-refractivity contribution in [1.82, 2.24) is 4.98 Å². The van der Waals surface area contributed by atoms with Gasteiger partial charge in [0.1, 0.15) is 5.75 Å². The van der Waals surface area contributed by atoms with Gasteiger partial charge in [0.25, 0.3) is 0 Å². The minimum atomic E-state index is -0.715. The summed E-state index contributed by atoms with van der Waals surface area (Å²) in [5, 5.41) is 9.75. The van der Waals surface area contributed by atoms with Gasteiger partial charge in [-0.2, -0.15) is 0 Å². The van der Waals surface area contributed by atoms with E-state index >= 15 is 0 Å². The highest BCUT2D eigenvalue weighted by molar-refractivity contribution is 6.05. The Labute approximate surface area is 106 Å². The Morgan fingerprint density at radius 2 is 1.89 bits per heavy atom. The third-order valence-corrected chi connectivity index (χ3v) is 3.10. The Bertz CT molecular complexity index is 562. The van der Waals surface area contributed by atoms with Crippen molar-refractivity contribution >= 4 is 5.78 Å². The molecule has 0 saturated heterocycles. The van der Waals surface area contributed by atoms with Crippen molar-refractivity contribution in [3.05, 3.63) is 59.9 Å². The van der Waals surface area contributed by atoms with Crippen LogP contribution in [-0.4, -0.2) is 15.9 Å². The van der Waals surface area contributed by atoms with Crippen LogP contribution in [0, 0.1) is 0 Å². The number of pyridine rings is 1. The molecule has 1 aromatic heterocycles. The Kier molecular flexibility index (Phi) is 3.15. The van der Waals surface area contributed by atoms with Gasteiger partial charge in [0, 0.05) is 12.4 Å². The van der Waals surface area contributed by atoms with Crippen LogP contribution in [0.4, 0.5) is 0 Å². The number of para-hydroxylation sites is 1. The molecule has 3 nitrogen and oxygen atoms in total. The summed E-state index contributed by atoms with van der Waals surface area (Å²) in [4.78, 5) is 16.5. The van der Waals surface area contributed by atoms with Crippen LogP contribution < -0.4 is 0 Å². The molecular weight excluding hydrogens is 226 g/mol. The number of carbonyl (C=O) groups excluding carboxylic acids is 1. The van der Waals surface area contributed by atoms with Crippen LogP contribution in [0.5, 0.6) is 5.75 Å². The van der Waals surface area contributed by atoms with E-state index in [4.69, 9.17) is 0 Å². The monoisotopic (exact) mass is 241 g/mol. The highest BCUT2D eigenvalue weighted by Gasteiger charge is 2.32. The summed E-state index contributed by atoms with van der Waals surface area (Å²) in [5.41, 5.74) is 0.456. The molecule has 1 heterocycles. The van der Waals surface area contributed by atoms with Crippen LogP contribution >= 0.6 is 0 Å². The maximum absolute atomic E-state index is 12.5. The molecule has 92 valence electrons. The van der Waals surface area contributed by atoms with Gasteiger partial charge in [-0.25, -0.2) is 0 Å². The average Bonchev–Trinajstić information content (AvgIpc) is 2.39. The van der Waals surface area contributed by atoms with E-state index in [9.17, 15) is 9.90 Å². The van der Waals surface area contributed by atoms with E-state index in [1.54, 1.807) is 36.7 Å². The van der Waals surface area contributed by atoms with Gasteiger partial charge < -0.3 is 5.11 Å². The normalized spacial score (nSPS) is 11.2. The SMILES string of the molecule is CC(C)(C(=O)c1ccccc1O)c1cccnc1. The number of benzene rings is 1. The van der Waals surface area contributed by atoms with Gasteiger partial charge in [-0.1, -0.05) is 18.2 Å². The van der Waals surface area contributed by atoms with Crippen LogP contribution in [0.1, 0.15) is 29.8 Å². The standard InChI is InChI=1S/C15H15NO2/c1-15(2,11-6-5-9-16-10-11)14(18)12-7-3-4-8-13(12)17/h3-10,17H,1-2H3. The summed E-state index contributed by atoms with van der Waals surface area (Å²) in [6, 6.07) is 10.3. The van der Waals surface area contributed by atoms with Crippen LogP contribution in [0.25, 0.3) is 0 Å². The maximum Gasteiger partial charge on any atom is 0.176 e. The van der Waals surface area contributed by atoms with Crippen LogP contribution in [0.15, 0.2) is 48.8 Å². The van der Waals surface area contributed by atoms with Crippen molar-refractivity contribution in [2.75, 3.05) is 0 Å². The predicted octanol–water partition coefficient (Wildman–Crippen LogP) is 2.95. The van der Waals surface area contributed by atoms with Crippen molar-refractivity contribution in [3.8, 4) is 5.75 Å². The number of phenols is 1. The highest BCUT2D eigenvalue weighted by Crippen LogP contribution is 2.30. The molecule has 0 amide bonds. The summed E-state index contributed by atoms with van der Waals surface area (Å²) in [7, 11) is 0.